The lowest BCUT2D eigenvalue weighted by Gasteiger charge is -2.04. The Bertz CT molecular complexity index is 315. The van der Waals surface area contributed by atoms with Crippen LogP contribution in [0.5, 0.6) is 0 Å². The van der Waals surface area contributed by atoms with E-state index in [1.807, 2.05) is 19.1 Å². The molecule has 0 aliphatic heterocycles. The first-order chi connectivity index (χ1) is 8.33. The maximum Gasteiger partial charge on any atom is 0.188 e. The van der Waals surface area contributed by atoms with Crippen LogP contribution in [0.3, 0.4) is 0 Å². The largest absolute Gasteiger partial charge is 0.469 e. The summed E-state index contributed by atoms with van der Waals surface area (Å²) in [5.41, 5.74) is 5.70. The van der Waals surface area contributed by atoms with Gasteiger partial charge in [0.25, 0.3) is 0 Å². The van der Waals surface area contributed by atoms with Crippen LogP contribution in [-0.4, -0.2) is 32.3 Å². The molecule has 0 unspecified atom stereocenters. The number of rotatable bonds is 8. The van der Waals surface area contributed by atoms with E-state index < -0.39 is 0 Å². The summed E-state index contributed by atoms with van der Waals surface area (Å²) in [6.45, 7) is 4.89. The third-order valence-corrected chi connectivity index (χ3v) is 2.19. The molecule has 5 nitrogen and oxygen atoms in total. The average Bonchev–Trinajstić information content (AvgIpc) is 2.82. The fourth-order valence-corrected chi connectivity index (χ4v) is 1.33. The van der Waals surface area contributed by atoms with Gasteiger partial charge in [0.15, 0.2) is 5.96 Å². The SMILES string of the molecule is CCOCCCN=C(N)NCCc1ccco1.I. The first kappa shape index (κ1) is 17.2. The Morgan fingerprint density at radius 1 is 1.56 bits per heavy atom. The highest BCUT2D eigenvalue weighted by Crippen LogP contribution is 1.99. The molecule has 0 amide bonds. The van der Waals surface area contributed by atoms with Gasteiger partial charge in [0, 0.05) is 32.7 Å². The number of guanidine groups is 1. The maximum atomic E-state index is 5.70. The Hall–Kier alpha value is -0.760. The Kier molecular flexibility index (Phi) is 10.9. The van der Waals surface area contributed by atoms with Crippen LogP contribution < -0.4 is 11.1 Å². The van der Waals surface area contributed by atoms with E-state index in [4.69, 9.17) is 14.9 Å². The highest BCUT2D eigenvalue weighted by atomic mass is 127. The molecule has 1 aromatic heterocycles. The predicted molar refractivity (Wildman–Crippen MR) is 83.4 cm³/mol. The number of hydrogen-bond acceptors (Lipinski definition) is 3. The fourth-order valence-electron chi connectivity index (χ4n) is 1.33. The van der Waals surface area contributed by atoms with E-state index in [0.29, 0.717) is 12.5 Å². The molecule has 0 aliphatic carbocycles. The second-order valence-corrected chi connectivity index (χ2v) is 3.57. The number of aliphatic imine (C=N–C) groups is 1. The van der Waals surface area contributed by atoms with Gasteiger partial charge in [0.1, 0.15) is 5.76 Å². The van der Waals surface area contributed by atoms with Crippen LogP contribution >= 0.6 is 24.0 Å². The lowest BCUT2D eigenvalue weighted by molar-refractivity contribution is 0.146. The summed E-state index contributed by atoms with van der Waals surface area (Å²) in [6, 6.07) is 3.82. The van der Waals surface area contributed by atoms with Gasteiger partial charge in [-0.15, -0.1) is 24.0 Å². The number of furan rings is 1. The van der Waals surface area contributed by atoms with E-state index >= 15 is 0 Å². The summed E-state index contributed by atoms with van der Waals surface area (Å²) < 4.78 is 10.4. The van der Waals surface area contributed by atoms with Crippen LogP contribution in [0.4, 0.5) is 0 Å². The summed E-state index contributed by atoms with van der Waals surface area (Å²) in [4.78, 5) is 4.19. The van der Waals surface area contributed by atoms with E-state index in [9.17, 15) is 0 Å². The van der Waals surface area contributed by atoms with Crippen molar-refractivity contribution in [2.75, 3.05) is 26.3 Å². The van der Waals surface area contributed by atoms with Gasteiger partial charge in [-0.2, -0.15) is 0 Å². The van der Waals surface area contributed by atoms with E-state index in [-0.39, 0.29) is 24.0 Å². The van der Waals surface area contributed by atoms with Crippen molar-refractivity contribution in [3.63, 3.8) is 0 Å². The van der Waals surface area contributed by atoms with E-state index in [2.05, 4.69) is 10.3 Å². The van der Waals surface area contributed by atoms with Crippen molar-refractivity contribution in [3.8, 4) is 0 Å². The molecule has 0 atom stereocenters. The molecule has 0 saturated carbocycles. The van der Waals surface area contributed by atoms with E-state index in [0.717, 1.165) is 38.4 Å². The number of nitrogens with two attached hydrogens (primary N) is 1. The van der Waals surface area contributed by atoms with Gasteiger partial charge >= 0.3 is 0 Å². The summed E-state index contributed by atoms with van der Waals surface area (Å²) in [6.07, 6.45) is 3.37. The van der Waals surface area contributed by atoms with Gasteiger partial charge in [0.05, 0.1) is 6.26 Å². The molecule has 6 heteroatoms. The number of nitrogens with one attached hydrogen (secondary N) is 1. The fraction of sp³-hybridized carbons (Fsp3) is 0.583. The van der Waals surface area contributed by atoms with Gasteiger partial charge < -0.3 is 20.2 Å². The Balaban J connectivity index is 0.00000289. The van der Waals surface area contributed by atoms with Crippen molar-refractivity contribution in [1.29, 1.82) is 0 Å². The number of ether oxygens (including phenoxy) is 1. The van der Waals surface area contributed by atoms with Gasteiger partial charge in [-0.3, -0.25) is 4.99 Å². The van der Waals surface area contributed by atoms with E-state index in [1.54, 1.807) is 6.26 Å². The summed E-state index contributed by atoms with van der Waals surface area (Å²) >= 11 is 0. The molecule has 0 saturated heterocycles. The van der Waals surface area contributed by atoms with Crippen molar-refractivity contribution in [2.24, 2.45) is 10.7 Å². The lowest BCUT2D eigenvalue weighted by Crippen LogP contribution is -2.33. The number of nitrogens with zero attached hydrogens (tertiary/aromatic N) is 1. The van der Waals surface area contributed by atoms with Crippen LogP contribution in [-0.2, 0) is 11.2 Å². The minimum Gasteiger partial charge on any atom is -0.469 e. The Labute approximate surface area is 125 Å². The van der Waals surface area contributed by atoms with Crippen molar-refractivity contribution < 1.29 is 9.15 Å². The Morgan fingerprint density at radius 2 is 2.39 bits per heavy atom. The molecule has 0 radical (unpaired) electrons. The molecule has 0 aromatic carbocycles. The standard InChI is InChI=1S/C12H21N3O2.HI/c1-2-16-9-4-7-14-12(13)15-8-6-11-5-3-10-17-11;/h3,5,10H,2,4,6-9H2,1H3,(H3,13,14,15);1H. The summed E-state index contributed by atoms with van der Waals surface area (Å²) in [5, 5.41) is 3.04. The van der Waals surface area contributed by atoms with Crippen LogP contribution in [0.2, 0.25) is 0 Å². The van der Waals surface area contributed by atoms with Gasteiger partial charge in [-0.1, -0.05) is 0 Å². The van der Waals surface area contributed by atoms with Crippen molar-refractivity contribution >= 4 is 29.9 Å². The predicted octanol–water partition coefficient (Wildman–Crippen LogP) is 1.77. The quantitative estimate of drug-likeness (QED) is 0.318. The van der Waals surface area contributed by atoms with Gasteiger partial charge in [-0.25, -0.2) is 0 Å². The molecule has 104 valence electrons. The summed E-state index contributed by atoms with van der Waals surface area (Å²) in [5.74, 6) is 1.43. The molecule has 0 aliphatic rings. The molecule has 1 rings (SSSR count). The van der Waals surface area contributed by atoms with Crippen molar-refractivity contribution in [2.45, 2.75) is 19.8 Å². The van der Waals surface area contributed by atoms with Gasteiger partial charge in [-0.05, 0) is 25.5 Å². The normalized spacial score (nSPS) is 11.1. The molecule has 1 heterocycles. The highest BCUT2D eigenvalue weighted by Gasteiger charge is 1.96. The third kappa shape index (κ3) is 8.35. The minimum absolute atomic E-state index is 0. The monoisotopic (exact) mass is 367 g/mol. The topological polar surface area (TPSA) is 72.8 Å². The molecular formula is C12H22IN3O2. The van der Waals surface area contributed by atoms with E-state index in [1.165, 1.54) is 0 Å². The average molecular weight is 367 g/mol. The van der Waals surface area contributed by atoms with Crippen LogP contribution in [0.25, 0.3) is 0 Å². The zero-order valence-corrected chi connectivity index (χ0v) is 13.1. The molecule has 0 bridgehead atoms. The van der Waals surface area contributed by atoms with Gasteiger partial charge in [0.2, 0.25) is 0 Å². The first-order valence-electron chi connectivity index (χ1n) is 5.97. The molecule has 0 fully saturated rings. The van der Waals surface area contributed by atoms with Crippen LogP contribution in [0.1, 0.15) is 19.1 Å². The van der Waals surface area contributed by atoms with Crippen molar-refractivity contribution in [3.05, 3.63) is 24.2 Å². The maximum absolute atomic E-state index is 5.70. The Morgan fingerprint density at radius 3 is 3.06 bits per heavy atom. The zero-order valence-electron chi connectivity index (χ0n) is 10.7. The first-order valence-corrected chi connectivity index (χ1v) is 5.97. The highest BCUT2D eigenvalue weighted by molar-refractivity contribution is 14.0. The zero-order chi connectivity index (χ0) is 12.3. The smallest absolute Gasteiger partial charge is 0.188 e. The number of halogens is 1. The third-order valence-electron chi connectivity index (χ3n) is 2.19. The van der Waals surface area contributed by atoms with Crippen molar-refractivity contribution in [1.82, 2.24) is 5.32 Å². The lowest BCUT2D eigenvalue weighted by atomic mass is 10.3. The molecule has 3 N–H and O–H groups in total. The molecule has 18 heavy (non-hydrogen) atoms. The second-order valence-electron chi connectivity index (χ2n) is 3.57. The van der Waals surface area contributed by atoms with Crippen LogP contribution in [0, 0.1) is 0 Å². The second kappa shape index (κ2) is 11.3. The summed E-state index contributed by atoms with van der Waals surface area (Å²) in [7, 11) is 0. The molecular weight excluding hydrogens is 345 g/mol. The molecule has 1 aromatic rings. The minimum atomic E-state index is 0. The number of hydrogen-bond donors (Lipinski definition) is 2. The molecule has 0 spiro atoms. The van der Waals surface area contributed by atoms with Crippen LogP contribution in [0.15, 0.2) is 27.8 Å².